The van der Waals surface area contributed by atoms with Gasteiger partial charge in [-0.05, 0) is 32.9 Å². The molecule has 4 nitrogen and oxygen atoms in total. The summed E-state index contributed by atoms with van der Waals surface area (Å²) in [6, 6.07) is 9.53. The predicted molar refractivity (Wildman–Crippen MR) is 71.7 cm³/mol. The lowest BCUT2D eigenvalue weighted by molar-refractivity contribution is 0.102. The molecule has 94 valence electrons. The van der Waals surface area contributed by atoms with Gasteiger partial charge in [-0.3, -0.25) is 4.79 Å². The monoisotopic (exact) mass is 243 g/mol. The maximum absolute atomic E-state index is 12.1. The van der Waals surface area contributed by atoms with Crippen LogP contribution in [0, 0.1) is 6.92 Å². The Kier molecular flexibility index (Phi) is 3.46. The molecular weight excluding hydrogens is 226 g/mol. The quantitative estimate of drug-likeness (QED) is 0.900. The van der Waals surface area contributed by atoms with Crippen LogP contribution in [0.2, 0.25) is 0 Å². The zero-order valence-electron chi connectivity index (χ0n) is 10.8. The number of amides is 1. The SMILES string of the molecule is Cc1cccc(C(=O)Nc2ccnn2C(C)C)c1. The number of aromatic nitrogens is 2. The van der Waals surface area contributed by atoms with E-state index in [1.807, 2.05) is 39.0 Å². The Morgan fingerprint density at radius 3 is 2.78 bits per heavy atom. The average molecular weight is 243 g/mol. The van der Waals surface area contributed by atoms with Crippen molar-refractivity contribution in [3.63, 3.8) is 0 Å². The van der Waals surface area contributed by atoms with E-state index in [1.54, 1.807) is 23.0 Å². The van der Waals surface area contributed by atoms with Crippen LogP contribution in [0.5, 0.6) is 0 Å². The smallest absolute Gasteiger partial charge is 0.256 e. The fourth-order valence-corrected chi connectivity index (χ4v) is 1.80. The number of hydrogen-bond donors (Lipinski definition) is 1. The van der Waals surface area contributed by atoms with E-state index >= 15 is 0 Å². The molecule has 1 amide bonds. The second-order valence-corrected chi connectivity index (χ2v) is 4.58. The molecule has 2 aromatic rings. The van der Waals surface area contributed by atoms with E-state index in [-0.39, 0.29) is 11.9 Å². The molecule has 0 spiro atoms. The van der Waals surface area contributed by atoms with Gasteiger partial charge in [-0.1, -0.05) is 17.7 Å². The number of carbonyl (C=O) groups excluding carboxylic acids is 1. The van der Waals surface area contributed by atoms with Crippen molar-refractivity contribution in [3.8, 4) is 0 Å². The first-order valence-electron chi connectivity index (χ1n) is 5.99. The van der Waals surface area contributed by atoms with Crippen LogP contribution in [0.3, 0.4) is 0 Å². The van der Waals surface area contributed by atoms with Gasteiger partial charge in [0.05, 0.1) is 6.20 Å². The van der Waals surface area contributed by atoms with Crippen molar-refractivity contribution in [2.45, 2.75) is 26.8 Å². The van der Waals surface area contributed by atoms with Crippen molar-refractivity contribution in [2.24, 2.45) is 0 Å². The molecule has 1 aromatic heterocycles. The Morgan fingerprint density at radius 2 is 2.11 bits per heavy atom. The van der Waals surface area contributed by atoms with Gasteiger partial charge in [0.15, 0.2) is 0 Å². The number of aryl methyl sites for hydroxylation is 1. The maximum Gasteiger partial charge on any atom is 0.256 e. The zero-order chi connectivity index (χ0) is 13.1. The van der Waals surface area contributed by atoms with Gasteiger partial charge in [-0.2, -0.15) is 5.10 Å². The molecule has 2 rings (SSSR count). The van der Waals surface area contributed by atoms with E-state index in [0.717, 1.165) is 11.4 Å². The van der Waals surface area contributed by atoms with Crippen LogP contribution in [0.4, 0.5) is 5.82 Å². The van der Waals surface area contributed by atoms with Gasteiger partial charge in [0, 0.05) is 17.7 Å². The van der Waals surface area contributed by atoms with E-state index in [0.29, 0.717) is 5.56 Å². The molecule has 1 aromatic carbocycles. The van der Waals surface area contributed by atoms with Gasteiger partial charge in [0.1, 0.15) is 5.82 Å². The van der Waals surface area contributed by atoms with Gasteiger partial charge in [0.25, 0.3) is 5.91 Å². The summed E-state index contributed by atoms with van der Waals surface area (Å²) in [5, 5.41) is 7.06. The summed E-state index contributed by atoms with van der Waals surface area (Å²) < 4.78 is 1.79. The summed E-state index contributed by atoms with van der Waals surface area (Å²) in [5.41, 5.74) is 1.73. The summed E-state index contributed by atoms with van der Waals surface area (Å²) in [5.74, 6) is 0.609. The first-order chi connectivity index (χ1) is 8.58. The third-order valence-corrected chi connectivity index (χ3v) is 2.68. The largest absolute Gasteiger partial charge is 0.307 e. The highest BCUT2D eigenvalue weighted by Crippen LogP contribution is 2.14. The van der Waals surface area contributed by atoms with Gasteiger partial charge in [-0.25, -0.2) is 4.68 Å². The second kappa shape index (κ2) is 5.04. The van der Waals surface area contributed by atoms with Crippen LogP contribution in [-0.4, -0.2) is 15.7 Å². The predicted octanol–water partition coefficient (Wildman–Crippen LogP) is 3.02. The molecule has 0 aliphatic heterocycles. The molecule has 1 N–H and O–H groups in total. The Hall–Kier alpha value is -2.10. The fraction of sp³-hybridized carbons (Fsp3) is 0.286. The molecule has 0 saturated heterocycles. The van der Waals surface area contributed by atoms with Crippen LogP contribution in [0.15, 0.2) is 36.5 Å². The number of anilines is 1. The zero-order valence-corrected chi connectivity index (χ0v) is 10.8. The summed E-state index contributed by atoms with van der Waals surface area (Å²) in [7, 11) is 0. The molecule has 0 radical (unpaired) electrons. The third kappa shape index (κ3) is 2.59. The van der Waals surface area contributed by atoms with E-state index in [1.165, 1.54) is 0 Å². The molecule has 0 aliphatic rings. The highest BCUT2D eigenvalue weighted by molar-refractivity contribution is 6.03. The van der Waals surface area contributed by atoms with Crippen LogP contribution in [0.1, 0.15) is 35.8 Å². The topological polar surface area (TPSA) is 46.9 Å². The van der Waals surface area contributed by atoms with Gasteiger partial charge in [-0.15, -0.1) is 0 Å². The number of nitrogens with one attached hydrogen (secondary N) is 1. The minimum Gasteiger partial charge on any atom is -0.307 e. The lowest BCUT2D eigenvalue weighted by atomic mass is 10.1. The van der Waals surface area contributed by atoms with Crippen molar-refractivity contribution in [2.75, 3.05) is 5.32 Å². The Bertz CT molecular complexity index is 558. The molecule has 0 aliphatic carbocycles. The summed E-state index contributed by atoms with van der Waals surface area (Å²) in [6.07, 6.45) is 1.69. The van der Waals surface area contributed by atoms with Crippen molar-refractivity contribution in [3.05, 3.63) is 47.7 Å². The Labute approximate surface area is 107 Å². The van der Waals surface area contributed by atoms with E-state index in [2.05, 4.69) is 10.4 Å². The molecule has 1 heterocycles. The fourth-order valence-electron chi connectivity index (χ4n) is 1.80. The lowest BCUT2D eigenvalue weighted by Crippen LogP contribution is -2.16. The van der Waals surface area contributed by atoms with Crippen LogP contribution < -0.4 is 5.32 Å². The lowest BCUT2D eigenvalue weighted by Gasteiger charge is -2.11. The first kappa shape index (κ1) is 12.4. The van der Waals surface area contributed by atoms with Gasteiger partial charge < -0.3 is 5.32 Å². The molecular formula is C14H17N3O. The van der Waals surface area contributed by atoms with Gasteiger partial charge >= 0.3 is 0 Å². The minimum absolute atomic E-state index is 0.110. The van der Waals surface area contributed by atoms with Gasteiger partial charge in [0.2, 0.25) is 0 Å². The van der Waals surface area contributed by atoms with Crippen molar-refractivity contribution >= 4 is 11.7 Å². The minimum atomic E-state index is -0.110. The van der Waals surface area contributed by atoms with E-state index in [9.17, 15) is 4.79 Å². The summed E-state index contributed by atoms with van der Waals surface area (Å²) >= 11 is 0. The van der Waals surface area contributed by atoms with Crippen molar-refractivity contribution in [1.82, 2.24) is 9.78 Å². The number of rotatable bonds is 3. The molecule has 0 saturated carbocycles. The van der Waals surface area contributed by atoms with Crippen LogP contribution in [0.25, 0.3) is 0 Å². The van der Waals surface area contributed by atoms with E-state index in [4.69, 9.17) is 0 Å². The highest BCUT2D eigenvalue weighted by Gasteiger charge is 2.10. The van der Waals surface area contributed by atoms with Crippen molar-refractivity contribution < 1.29 is 4.79 Å². The van der Waals surface area contributed by atoms with Crippen molar-refractivity contribution in [1.29, 1.82) is 0 Å². The summed E-state index contributed by atoms with van der Waals surface area (Å²) in [6.45, 7) is 6.01. The summed E-state index contributed by atoms with van der Waals surface area (Å²) in [4.78, 5) is 12.1. The number of hydrogen-bond acceptors (Lipinski definition) is 2. The molecule has 0 fully saturated rings. The standard InChI is InChI=1S/C14H17N3O/c1-10(2)17-13(7-8-15-17)16-14(18)12-6-4-5-11(3)9-12/h4-10H,1-3H3,(H,16,18). The Morgan fingerprint density at radius 1 is 1.33 bits per heavy atom. The molecule has 4 heteroatoms. The third-order valence-electron chi connectivity index (χ3n) is 2.68. The number of nitrogens with zero attached hydrogens (tertiary/aromatic N) is 2. The van der Waals surface area contributed by atoms with E-state index < -0.39 is 0 Å². The highest BCUT2D eigenvalue weighted by atomic mass is 16.1. The number of benzene rings is 1. The number of carbonyl (C=O) groups is 1. The van der Waals surface area contributed by atoms with Crippen LogP contribution in [-0.2, 0) is 0 Å². The normalized spacial score (nSPS) is 10.7. The molecule has 0 unspecified atom stereocenters. The Balaban J connectivity index is 2.19. The second-order valence-electron chi connectivity index (χ2n) is 4.58. The average Bonchev–Trinajstić information content (AvgIpc) is 2.77. The maximum atomic E-state index is 12.1. The molecule has 0 atom stereocenters. The van der Waals surface area contributed by atoms with Crippen LogP contribution >= 0.6 is 0 Å². The first-order valence-corrected chi connectivity index (χ1v) is 5.99. The molecule has 18 heavy (non-hydrogen) atoms. The molecule has 0 bridgehead atoms.